The minimum absolute atomic E-state index is 0.00249. The van der Waals surface area contributed by atoms with Gasteiger partial charge in [0.15, 0.2) is 0 Å². The number of likely N-dealkylation sites (tertiary alicyclic amines) is 1. The molecule has 1 amide bonds. The van der Waals surface area contributed by atoms with Crippen molar-refractivity contribution in [3.05, 3.63) is 29.8 Å². The standard InChI is InChI=1S/C19H25NO4/c1-18(2,13-6-8-15(24-3)9-7-13)16(21)20-11-14-5-4-10-19(14,12-20)17(22)23/h6-9,14H,4-5,10-12H2,1-3H3,(H,22,23)/t14-,19+/m0/s1. The van der Waals surface area contributed by atoms with Gasteiger partial charge in [0.25, 0.3) is 0 Å². The van der Waals surface area contributed by atoms with Crippen molar-refractivity contribution in [3.8, 4) is 5.75 Å². The lowest BCUT2D eigenvalue weighted by molar-refractivity contribution is -0.149. The van der Waals surface area contributed by atoms with Crippen LogP contribution in [0.15, 0.2) is 24.3 Å². The van der Waals surface area contributed by atoms with Crippen molar-refractivity contribution in [1.29, 1.82) is 0 Å². The van der Waals surface area contributed by atoms with Gasteiger partial charge in [-0.3, -0.25) is 9.59 Å². The zero-order chi connectivity index (χ0) is 17.5. The molecular weight excluding hydrogens is 306 g/mol. The molecule has 1 heterocycles. The lowest BCUT2D eigenvalue weighted by Gasteiger charge is -2.31. The molecule has 0 radical (unpaired) electrons. The Morgan fingerprint density at radius 1 is 1.29 bits per heavy atom. The monoisotopic (exact) mass is 331 g/mol. The fraction of sp³-hybridized carbons (Fsp3) is 0.579. The molecule has 130 valence electrons. The van der Waals surface area contributed by atoms with Crippen molar-refractivity contribution in [3.63, 3.8) is 0 Å². The van der Waals surface area contributed by atoms with Crippen LogP contribution in [0.5, 0.6) is 5.75 Å². The van der Waals surface area contributed by atoms with E-state index in [1.54, 1.807) is 12.0 Å². The molecule has 1 aromatic rings. The fourth-order valence-electron chi connectivity index (χ4n) is 4.32. The number of nitrogens with zero attached hydrogens (tertiary/aromatic N) is 1. The Morgan fingerprint density at radius 3 is 2.50 bits per heavy atom. The third kappa shape index (κ3) is 2.46. The molecule has 2 atom stereocenters. The number of hydrogen-bond donors (Lipinski definition) is 1. The molecule has 1 saturated heterocycles. The zero-order valence-corrected chi connectivity index (χ0v) is 14.5. The number of rotatable bonds is 4. The van der Waals surface area contributed by atoms with Crippen LogP contribution in [-0.2, 0) is 15.0 Å². The Hall–Kier alpha value is -2.04. The van der Waals surface area contributed by atoms with E-state index in [1.807, 2.05) is 38.1 Å². The van der Waals surface area contributed by atoms with Gasteiger partial charge in [-0.1, -0.05) is 18.6 Å². The van der Waals surface area contributed by atoms with Crippen molar-refractivity contribution in [2.24, 2.45) is 11.3 Å². The fourth-order valence-corrected chi connectivity index (χ4v) is 4.32. The predicted molar refractivity (Wildman–Crippen MR) is 90.0 cm³/mol. The molecule has 0 bridgehead atoms. The van der Waals surface area contributed by atoms with Crippen LogP contribution in [0.1, 0.15) is 38.7 Å². The van der Waals surface area contributed by atoms with Gasteiger partial charge in [0.05, 0.1) is 17.9 Å². The molecule has 2 aliphatic rings. The van der Waals surface area contributed by atoms with E-state index in [1.165, 1.54) is 0 Å². The summed E-state index contributed by atoms with van der Waals surface area (Å²) in [7, 11) is 1.61. The van der Waals surface area contributed by atoms with Crippen molar-refractivity contribution in [2.75, 3.05) is 20.2 Å². The molecule has 3 rings (SSSR count). The maximum Gasteiger partial charge on any atom is 0.311 e. The molecule has 1 N–H and O–H groups in total. The number of carboxylic acid groups (broad SMARTS) is 1. The highest BCUT2D eigenvalue weighted by molar-refractivity contribution is 5.89. The van der Waals surface area contributed by atoms with Gasteiger partial charge in [0.1, 0.15) is 5.75 Å². The first-order valence-corrected chi connectivity index (χ1v) is 8.48. The van der Waals surface area contributed by atoms with E-state index in [0.29, 0.717) is 19.5 Å². The number of hydrogen-bond acceptors (Lipinski definition) is 3. The lowest BCUT2D eigenvalue weighted by atomic mass is 9.81. The molecule has 0 spiro atoms. The maximum atomic E-state index is 13.1. The van der Waals surface area contributed by atoms with E-state index in [4.69, 9.17) is 4.74 Å². The smallest absolute Gasteiger partial charge is 0.311 e. The molecule has 5 heteroatoms. The summed E-state index contributed by atoms with van der Waals surface area (Å²) in [5.74, 6) is 0.0957. The van der Waals surface area contributed by atoms with Gasteiger partial charge in [0, 0.05) is 13.1 Å². The molecule has 5 nitrogen and oxygen atoms in total. The van der Waals surface area contributed by atoms with Gasteiger partial charge < -0.3 is 14.7 Å². The third-order valence-corrected chi connectivity index (χ3v) is 5.93. The third-order valence-electron chi connectivity index (χ3n) is 5.93. The highest BCUT2D eigenvalue weighted by Crippen LogP contribution is 2.49. The highest BCUT2D eigenvalue weighted by atomic mass is 16.5. The van der Waals surface area contributed by atoms with Crippen LogP contribution in [0.25, 0.3) is 0 Å². The van der Waals surface area contributed by atoms with E-state index < -0.39 is 16.8 Å². The molecule has 24 heavy (non-hydrogen) atoms. The summed E-state index contributed by atoms with van der Waals surface area (Å²) in [6.45, 7) is 4.70. The maximum absolute atomic E-state index is 13.1. The average molecular weight is 331 g/mol. The summed E-state index contributed by atoms with van der Waals surface area (Å²) in [4.78, 5) is 26.7. The molecule has 1 aliphatic heterocycles. The van der Waals surface area contributed by atoms with E-state index >= 15 is 0 Å². The SMILES string of the molecule is COc1ccc(C(C)(C)C(=O)N2C[C@@H]3CCC[C@@]3(C(=O)O)C2)cc1. The Balaban J connectivity index is 1.82. The van der Waals surface area contributed by atoms with Crippen LogP contribution in [-0.4, -0.2) is 42.1 Å². The van der Waals surface area contributed by atoms with Gasteiger partial charge in [-0.15, -0.1) is 0 Å². The first-order valence-electron chi connectivity index (χ1n) is 8.48. The molecule has 1 aromatic carbocycles. The predicted octanol–water partition coefficient (Wildman–Crippen LogP) is 2.69. The molecule has 0 unspecified atom stereocenters. The van der Waals surface area contributed by atoms with Crippen LogP contribution < -0.4 is 4.74 Å². The number of aliphatic carboxylic acids is 1. The molecule has 1 aliphatic carbocycles. The van der Waals surface area contributed by atoms with Gasteiger partial charge >= 0.3 is 5.97 Å². The first-order chi connectivity index (χ1) is 11.3. The molecule has 0 aromatic heterocycles. The van der Waals surface area contributed by atoms with Crippen LogP contribution in [0.2, 0.25) is 0 Å². The number of fused-ring (bicyclic) bond motifs is 1. The lowest BCUT2D eigenvalue weighted by Crippen LogP contribution is -2.44. The van der Waals surface area contributed by atoms with Crippen molar-refractivity contribution in [2.45, 2.75) is 38.5 Å². The van der Waals surface area contributed by atoms with Crippen molar-refractivity contribution < 1.29 is 19.4 Å². The molecule has 2 fully saturated rings. The van der Waals surface area contributed by atoms with Crippen LogP contribution in [0.4, 0.5) is 0 Å². The number of carboxylic acids is 1. The summed E-state index contributed by atoms with van der Waals surface area (Å²) in [6.07, 6.45) is 2.53. The number of carbonyl (C=O) groups excluding carboxylic acids is 1. The Labute approximate surface area is 142 Å². The van der Waals surface area contributed by atoms with E-state index in [9.17, 15) is 14.7 Å². The van der Waals surface area contributed by atoms with Crippen molar-refractivity contribution in [1.82, 2.24) is 4.90 Å². The number of benzene rings is 1. The summed E-state index contributed by atoms with van der Waals surface area (Å²) in [5, 5.41) is 9.70. The van der Waals surface area contributed by atoms with Gasteiger partial charge in [-0.2, -0.15) is 0 Å². The molecular formula is C19H25NO4. The summed E-state index contributed by atoms with van der Waals surface area (Å²) in [5.41, 5.74) is -0.509. The Morgan fingerprint density at radius 2 is 1.96 bits per heavy atom. The van der Waals surface area contributed by atoms with Crippen LogP contribution >= 0.6 is 0 Å². The van der Waals surface area contributed by atoms with Gasteiger partial charge in [-0.05, 0) is 50.3 Å². The highest BCUT2D eigenvalue weighted by Gasteiger charge is 2.56. The van der Waals surface area contributed by atoms with E-state index in [2.05, 4.69) is 0 Å². The minimum atomic E-state index is -0.748. The Bertz CT molecular complexity index is 652. The number of amides is 1. The van der Waals surface area contributed by atoms with Crippen molar-refractivity contribution >= 4 is 11.9 Å². The summed E-state index contributed by atoms with van der Waals surface area (Å²) < 4.78 is 5.17. The molecule has 1 saturated carbocycles. The van der Waals surface area contributed by atoms with Gasteiger partial charge in [-0.25, -0.2) is 0 Å². The second-order valence-corrected chi connectivity index (χ2v) is 7.59. The summed E-state index contributed by atoms with van der Waals surface area (Å²) >= 11 is 0. The quantitative estimate of drug-likeness (QED) is 0.921. The number of ether oxygens (including phenoxy) is 1. The number of methoxy groups -OCH3 is 1. The second kappa shape index (κ2) is 5.80. The largest absolute Gasteiger partial charge is 0.497 e. The van der Waals surface area contributed by atoms with E-state index in [0.717, 1.165) is 24.2 Å². The topological polar surface area (TPSA) is 66.8 Å². The first kappa shape index (κ1) is 16.8. The number of carbonyl (C=O) groups is 2. The zero-order valence-electron chi connectivity index (χ0n) is 14.5. The minimum Gasteiger partial charge on any atom is -0.497 e. The Kier molecular flexibility index (Phi) is 4.06. The second-order valence-electron chi connectivity index (χ2n) is 7.59. The summed E-state index contributed by atoms with van der Waals surface area (Å²) in [6, 6.07) is 7.50. The normalized spacial score (nSPS) is 26.3. The van der Waals surface area contributed by atoms with Gasteiger partial charge in [0.2, 0.25) is 5.91 Å². The average Bonchev–Trinajstić information content (AvgIpc) is 3.12. The van der Waals surface area contributed by atoms with Crippen LogP contribution in [0, 0.1) is 11.3 Å². The van der Waals surface area contributed by atoms with Crippen LogP contribution in [0.3, 0.4) is 0 Å². The van der Waals surface area contributed by atoms with E-state index in [-0.39, 0.29) is 11.8 Å².